The lowest BCUT2D eigenvalue weighted by atomic mass is 9.99. The minimum atomic E-state index is -0.549. The molecule has 1 atom stereocenters. The Bertz CT molecular complexity index is 793. The lowest BCUT2D eigenvalue weighted by Crippen LogP contribution is -2.39. The number of amides is 1. The molecule has 0 saturated carbocycles. The van der Waals surface area contributed by atoms with Crippen LogP contribution in [-0.4, -0.2) is 25.5 Å². The van der Waals surface area contributed by atoms with Crippen molar-refractivity contribution in [3.05, 3.63) is 69.3 Å². The summed E-state index contributed by atoms with van der Waals surface area (Å²) < 4.78 is 5.40. The Morgan fingerprint density at radius 1 is 1.27 bits per heavy atom. The van der Waals surface area contributed by atoms with Crippen LogP contribution in [0.25, 0.3) is 0 Å². The number of carbonyl (C=O) groups excluding carboxylic acids is 1. The summed E-state index contributed by atoms with van der Waals surface area (Å²) in [4.78, 5) is 24.8. The second kappa shape index (κ2) is 8.81. The van der Waals surface area contributed by atoms with E-state index < -0.39 is 5.63 Å². The van der Waals surface area contributed by atoms with Crippen LogP contribution in [0.2, 0.25) is 0 Å². The van der Waals surface area contributed by atoms with Gasteiger partial charge in [-0.1, -0.05) is 30.3 Å². The van der Waals surface area contributed by atoms with E-state index in [9.17, 15) is 9.59 Å². The molecular formula is C21H26N2O3. The molecule has 2 heterocycles. The normalized spacial score (nSPS) is 17.0. The quantitative estimate of drug-likeness (QED) is 0.836. The van der Waals surface area contributed by atoms with Crippen molar-refractivity contribution in [1.82, 2.24) is 10.6 Å². The number of aryl methyl sites for hydroxylation is 3. The molecule has 3 rings (SSSR count). The summed E-state index contributed by atoms with van der Waals surface area (Å²) in [6.45, 7) is 4.32. The summed E-state index contributed by atoms with van der Waals surface area (Å²) in [5, 5.41) is 6.21. The standard InChI is InChI=1S/C21H26N2O3/c1-15-12-18(10-9-16-6-3-2-4-7-16)26-21(25)19(15)20(24)23-14-17-8-5-11-22-13-17/h2-4,6-7,12,17,22H,5,8-11,13-14H2,1H3,(H,23,24). The summed E-state index contributed by atoms with van der Waals surface area (Å²) >= 11 is 0. The number of hydrogen-bond donors (Lipinski definition) is 2. The van der Waals surface area contributed by atoms with E-state index in [1.807, 2.05) is 30.3 Å². The SMILES string of the molecule is Cc1cc(CCc2ccccc2)oc(=O)c1C(=O)NCC1CCCNC1. The van der Waals surface area contributed by atoms with Gasteiger partial charge >= 0.3 is 5.63 Å². The molecule has 138 valence electrons. The molecule has 5 heteroatoms. The van der Waals surface area contributed by atoms with Crippen molar-refractivity contribution in [3.8, 4) is 0 Å². The van der Waals surface area contributed by atoms with Crippen molar-refractivity contribution in [2.45, 2.75) is 32.6 Å². The van der Waals surface area contributed by atoms with E-state index >= 15 is 0 Å². The van der Waals surface area contributed by atoms with Crippen LogP contribution in [0, 0.1) is 12.8 Å². The number of hydrogen-bond acceptors (Lipinski definition) is 4. The van der Waals surface area contributed by atoms with Crippen molar-refractivity contribution in [1.29, 1.82) is 0 Å². The van der Waals surface area contributed by atoms with Crippen LogP contribution in [0.15, 0.2) is 45.6 Å². The zero-order valence-electron chi connectivity index (χ0n) is 15.2. The van der Waals surface area contributed by atoms with Gasteiger partial charge in [0.25, 0.3) is 5.91 Å². The fourth-order valence-corrected chi connectivity index (χ4v) is 3.41. The van der Waals surface area contributed by atoms with Gasteiger partial charge in [-0.05, 0) is 62.4 Å². The van der Waals surface area contributed by atoms with Crippen LogP contribution < -0.4 is 16.3 Å². The predicted octanol–water partition coefficient (Wildman–Crippen LogP) is 2.46. The summed E-state index contributed by atoms with van der Waals surface area (Å²) in [6.07, 6.45) is 3.65. The van der Waals surface area contributed by atoms with Crippen LogP contribution in [0.1, 0.15) is 40.1 Å². The van der Waals surface area contributed by atoms with Crippen LogP contribution >= 0.6 is 0 Å². The van der Waals surface area contributed by atoms with Gasteiger partial charge < -0.3 is 15.1 Å². The Morgan fingerprint density at radius 3 is 2.77 bits per heavy atom. The molecule has 5 nitrogen and oxygen atoms in total. The fraction of sp³-hybridized carbons (Fsp3) is 0.429. The van der Waals surface area contributed by atoms with E-state index in [-0.39, 0.29) is 11.5 Å². The molecule has 2 aromatic rings. The number of carbonyl (C=O) groups is 1. The zero-order valence-corrected chi connectivity index (χ0v) is 15.2. The van der Waals surface area contributed by atoms with E-state index in [0.29, 0.717) is 30.2 Å². The molecular weight excluding hydrogens is 328 g/mol. The third kappa shape index (κ3) is 4.82. The number of rotatable bonds is 6. The molecule has 0 aliphatic carbocycles. The summed E-state index contributed by atoms with van der Waals surface area (Å²) in [5.74, 6) is 0.700. The second-order valence-corrected chi connectivity index (χ2v) is 6.97. The van der Waals surface area contributed by atoms with Gasteiger partial charge in [0.15, 0.2) is 0 Å². The van der Waals surface area contributed by atoms with Crippen LogP contribution in [0.3, 0.4) is 0 Å². The molecule has 1 aromatic carbocycles. The molecule has 1 saturated heterocycles. The van der Waals surface area contributed by atoms with Gasteiger partial charge in [-0.25, -0.2) is 4.79 Å². The van der Waals surface area contributed by atoms with E-state index in [1.165, 1.54) is 5.56 Å². The minimum Gasteiger partial charge on any atom is -0.427 e. The topological polar surface area (TPSA) is 71.3 Å². The molecule has 2 N–H and O–H groups in total. The first-order valence-electron chi connectivity index (χ1n) is 9.30. The maximum Gasteiger partial charge on any atom is 0.349 e. The minimum absolute atomic E-state index is 0.122. The molecule has 0 spiro atoms. The number of piperidine rings is 1. The van der Waals surface area contributed by atoms with Gasteiger partial charge in [-0.3, -0.25) is 4.79 Å². The number of benzene rings is 1. The van der Waals surface area contributed by atoms with Crippen molar-refractivity contribution < 1.29 is 9.21 Å². The highest BCUT2D eigenvalue weighted by atomic mass is 16.4. The Balaban J connectivity index is 1.62. The van der Waals surface area contributed by atoms with Crippen molar-refractivity contribution in [2.75, 3.05) is 19.6 Å². The lowest BCUT2D eigenvalue weighted by molar-refractivity contribution is 0.0939. The van der Waals surface area contributed by atoms with Gasteiger partial charge in [-0.15, -0.1) is 0 Å². The smallest absolute Gasteiger partial charge is 0.349 e. The molecule has 0 bridgehead atoms. The third-order valence-electron chi connectivity index (χ3n) is 4.88. The van der Waals surface area contributed by atoms with Crippen molar-refractivity contribution in [3.63, 3.8) is 0 Å². The van der Waals surface area contributed by atoms with Crippen molar-refractivity contribution >= 4 is 5.91 Å². The molecule has 0 radical (unpaired) electrons. The first-order valence-corrected chi connectivity index (χ1v) is 9.30. The van der Waals surface area contributed by atoms with E-state index in [1.54, 1.807) is 13.0 Å². The highest BCUT2D eigenvalue weighted by Gasteiger charge is 2.19. The second-order valence-electron chi connectivity index (χ2n) is 6.97. The van der Waals surface area contributed by atoms with Crippen LogP contribution in [-0.2, 0) is 12.8 Å². The van der Waals surface area contributed by atoms with E-state index in [4.69, 9.17) is 4.42 Å². The molecule has 1 fully saturated rings. The Kier molecular flexibility index (Phi) is 6.23. The highest BCUT2D eigenvalue weighted by molar-refractivity contribution is 5.95. The van der Waals surface area contributed by atoms with E-state index in [0.717, 1.165) is 32.4 Å². The lowest BCUT2D eigenvalue weighted by Gasteiger charge is -2.22. The van der Waals surface area contributed by atoms with Gasteiger partial charge in [0, 0.05) is 13.0 Å². The molecule has 1 aliphatic rings. The summed E-state index contributed by atoms with van der Waals surface area (Å²) in [7, 11) is 0. The molecule has 1 amide bonds. The van der Waals surface area contributed by atoms with Gasteiger partial charge in [-0.2, -0.15) is 0 Å². The molecule has 1 aliphatic heterocycles. The summed E-state index contributed by atoms with van der Waals surface area (Å²) in [5.41, 5.74) is 1.43. The largest absolute Gasteiger partial charge is 0.427 e. The Hall–Kier alpha value is -2.40. The predicted molar refractivity (Wildman–Crippen MR) is 101 cm³/mol. The van der Waals surface area contributed by atoms with Gasteiger partial charge in [0.05, 0.1) is 0 Å². The Labute approximate surface area is 153 Å². The molecule has 1 unspecified atom stereocenters. The maximum absolute atomic E-state index is 12.4. The average Bonchev–Trinajstić information content (AvgIpc) is 2.66. The first kappa shape index (κ1) is 18.4. The van der Waals surface area contributed by atoms with Crippen LogP contribution in [0.4, 0.5) is 0 Å². The summed E-state index contributed by atoms with van der Waals surface area (Å²) in [6, 6.07) is 11.9. The number of nitrogens with one attached hydrogen (secondary N) is 2. The fourth-order valence-electron chi connectivity index (χ4n) is 3.41. The highest BCUT2D eigenvalue weighted by Crippen LogP contribution is 2.12. The third-order valence-corrected chi connectivity index (χ3v) is 4.88. The Morgan fingerprint density at radius 2 is 2.08 bits per heavy atom. The van der Waals surface area contributed by atoms with Crippen molar-refractivity contribution in [2.24, 2.45) is 5.92 Å². The van der Waals surface area contributed by atoms with E-state index in [2.05, 4.69) is 10.6 Å². The average molecular weight is 354 g/mol. The monoisotopic (exact) mass is 354 g/mol. The maximum atomic E-state index is 12.4. The first-order chi connectivity index (χ1) is 12.6. The van der Waals surface area contributed by atoms with Crippen LogP contribution in [0.5, 0.6) is 0 Å². The molecule has 1 aromatic heterocycles. The van der Waals surface area contributed by atoms with Gasteiger partial charge in [0.1, 0.15) is 11.3 Å². The van der Waals surface area contributed by atoms with Gasteiger partial charge in [0.2, 0.25) is 0 Å². The molecule has 26 heavy (non-hydrogen) atoms. The zero-order chi connectivity index (χ0) is 18.4.